The standard InChI is InChI=1S/C13H16N2O5/c1-20-12-3-2-11(15(18)19)6-10(12)8-14-5-4-9(7-14)13(16)17/h2-3,6,9H,4-5,7-8H2,1H3,(H,16,17). The van der Waals surface area contributed by atoms with E-state index < -0.39 is 10.9 Å². The smallest absolute Gasteiger partial charge is 0.307 e. The number of hydrogen-bond donors (Lipinski definition) is 1. The Kier molecular flexibility index (Phi) is 4.19. The molecule has 1 aliphatic heterocycles. The van der Waals surface area contributed by atoms with Gasteiger partial charge in [0.15, 0.2) is 0 Å². The number of nitrogens with zero attached hydrogens (tertiary/aromatic N) is 2. The van der Waals surface area contributed by atoms with Gasteiger partial charge in [-0.15, -0.1) is 0 Å². The number of methoxy groups -OCH3 is 1. The fourth-order valence-corrected chi connectivity index (χ4v) is 2.42. The van der Waals surface area contributed by atoms with Gasteiger partial charge in [0.25, 0.3) is 5.69 Å². The molecule has 108 valence electrons. The molecule has 2 rings (SSSR count). The summed E-state index contributed by atoms with van der Waals surface area (Å²) in [6.45, 7) is 1.58. The highest BCUT2D eigenvalue weighted by Gasteiger charge is 2.28. The van der Waals surface area contributed by atoms with Crippen LogP contribution in [0, 0.1) is 16.0 Å². The number of ether oxygens (including phenoxy) is 1. The van der Waals surface area contributed by atoms with E-state index in [1.807, 2.05) is 4.90 Å². The Labute approximate surface area is 115 Å². The molecule has 1 aliphatic rings. The van der Waals surface area contributed by atoms with Crippen molar-refractivity contribution in [2.45, 2.75) is 13.0 Å². The van der Waals surface area contributed by atoms with Crippen molar-refractivity contribution in [3.63, 3.8) is 0 Å². The number of nitro groups is 1. The van der Waals surface area contributed by atoms with Crippen LogP contribution >= 0.6 is 0 Å². The van der Waals surface area contributed by atoms with Gasteiger partial charge >= 0.3 is 5.97 Å². The van der Waals surface area contributed by atoms with Gasteiger partial charge in [0, 0.05) is 30.8 Å². The first kappa shape index (κ1) is 14.3. The monoisotopic (exact) mass is 280 g/mol. The van der Waals surface area contributed by atoms with Crippen LogP contribution in [0.4, 0.5) is 5.69 Å². The number of aliphatic carboxylic acids is 1. The third kappa shape index (κ3) is 3.05. The zero-order chi connectivity index (χ0) is 14.7. The summed E-state index contributed by atoms with van der Waals surface area (Å²) in [5.41, 5.74) is 0.711. The van der Waals surface area contributed by atoms with Crippen LogP contribution in [0.3, 0.4) is 0 Å². The fourth-order valence-electron chi connectivity index (χ4n) is 2.42. The van der Waals surface area contributed by atoms with Gasteiger partial charge in [-0.1, -0.05) is 0 Å². The van der Waals surface area contributed by atoms with Gasteiger partial charge in [0.1, 0.15) is 5.75 Å². The second kappa shape index (κ2) is 5.87. The first-order valence-electron chi connectivity index (χ1n) is 6.27. The molecule has 1 unspecified atom stereocenters. The molecule has 1 aromatic rings. The van der Waals surface area contributed by atoms with Crippen molar-refractivity contribution in [3.8, 4) is 5.75 Å². The van der Waals surface area contributed by atoms with E-state index in [2.05, 4.69) is 0 Å². The molecule has 1 heterocycles. The van der Waals surface area contributed by atoms with Gasteiger partial charge in [-0.2, -0.15) is 0 Å². The molecule has 0 aromatic heterocycles. The summed E-state index contributed by atoms with van der Waals surface area (Å²) in [6.07, 6.45) is 0.604. The molecule has 0 spiro atoms. The highest BCUT2D eigenvalue weighted by Crippen LogP contribution is 2.27. The number of likely N-dealkylation sites (tertiary alicyclic amines) is 1. The van der Waals surface area contributed by atoms with Crippen molar-refractivity contribution < 1.29 is 19.6 Å². The molecule has 0 aliphatic carbocycles. The van der Waals surface area contributed by atoms with E-state index in [1.54, 1.807) is 6.07 Å². The van der Waals surface area contributed by atoms with Gasteiger partial charge < -0.3 is 9.84 Å². The van der Waals surface area contributed by atoms with Gasteiger partial charge in [-0.25, -0.2) is 0 Å². The molecule has 1 saturated heterocycles. The molecule has 7 heteroatoms. The number of carboxylic acid groups (broad SMARTS) is 1. The van der Waals surface area contributed by atoms with Crippen LogP contribution in [0.25, 0.3) is 0 Å². The van der Waals surface area contributed by atoms with E-state index in [0.29, 0.717) is 37.4 Å². The number of carbonyl (C=O) groups is 1. The summed E-state index contributed by atoms with van der Waals surface area (Å²) in [6, 6.07) is 4.44. The Morgan fingerprint density at radius 3 is 2.90 bits per heavy atom. The van der Waals surface area contributed by atoms with Crippen LogP contribution < -0.4 is 4.74 Å². The quantitative estimate of drug-likeness (QED) is 0.649. The molecular weight excluding hydrogens is 264 g/mol. The molecule has 1 atom stereocenters. The number of non-ortho nitro benzene ring substituents is 1. The zero-order valence-corrected chi connectivity index (χ0v) is 11.1. The fraction of sp³-hybridized carbons (Fsp3) is 0.462. The summed E-state index contributed by atoms with van der Waals surface area (Å²) in [4.78, 5) is 23.3. The normalized spacial score (nSPS) is 18.9. The summed E-state index contributed by atoms with van der Waals surface area (Å²) in [5, 5.41) is 19.8. The molecular formula is C13H16N2O5. The number of nitro benzene ring substituents is 1. The average molecular weight is 280 g/mol. The molecule has 0 radical (unpaired) electrons. The van der Waals surface area contributed by atoms with E-state index >= 15 is 0 Å². The summed E-state index contributed by atoms with van der Waals surface area (Å²) in [5.74, 6) is -0.576. The maximum absolute atomic E-state index is 10.9. The van der Waals surface area contributed by atoms with E-state index in [4.69, 9.17) is 9.84 Å². The van der Waals surface area contributed by atoms with Crippen molar-refractivity contribution in [2.24, 2.45) is 5.92 Å². The molecule has 0 saturated carbocycles. The Bertz CT molecular complexity index is 531. The first-order chi connectivity index (χ1) is 9.51. The minimum absolute atomic E-state index is 0.00906. The molecule has 0 amide bonds. The van der Waals surface area contributed by atoms with Crippen molar-refractivity contribution in [1.82, 2.24) is 4.90 Å². The minimum Gasteiger partial charge on any atom is -0.496 e. The first-order valence-corrected chi connectivity index (χ1v) is 6.27. The average Bonchev–Trinajstić information content (AvgIpc) is 2.87. The van der Waals surface area contributed by atoms with Crippen LogP contribution in [-0.2, 0) is 11.3 Å². The second-order valence-electron chi connectivity index (χ2n) is 4.81. The van der Waals surface area contributed by atoms with Crippen LogP contribution in [0.2, 0.25) is 0 Å². The van der Waals surface area contributed by atoms with Crippen LogP contribution in [0.15, 0.2) is 18.2 Å². The van der Waals surface area contributed by atoms with Crippen molar-refractivity contribution >= 4 is 11.7 Å². The van der Waals surface area contributed by atoms with Crippen molar-refractivity contribution in [3.05, 3.63) is 33.9 Å². The Hall–Kier alpha value is -2.15. The largest absolute Gasteiger partial charge is 0.496 e. The molecule has 7 nitrogen and oxygen atoms in total. The molecule has 20 heavy (non-hydrogen) atoms. The third-order valence-corrected chi connectivity index (χ3v) is 3.49. The number of rotatable bonds is 5. The lowest BCUT2D eigenvalue weighted by Gasteiger charge is -2.17. The molecule has 0 bridgehead atoms. The molecule has 1 N–H and O–H groups in total. The highest BCUT2D eigenvalue weighted by molar-refractivity contribution is 5.70. The maximum Gasteiger partial charge on any atom is 0.307 e. The number of benzene rings is 1. The lowest BCUT2D eigenvalue weighted by Crippen LogP contribution is -2.23. The molecule has 1 fully saturated rings. The number of hydrogen-bond acceptors (Lipinski definition) is 5. The van der Waals surface area contributed by atoms with Crippen molar-refractivity contribution in [2.75, 3.05) is 20.2 Å². The van der Waals surface area contributed by atoms with Crippen LogP contribution in [-0.4, -0.2) is 41.1 Å². The Morgan fingerprint density at radius 1 is 1.60 bits per heavy atom. The molecule has 1 aromatic carbocycles. The second-order valence-corrected chi connectivity index (χ2v) is 4.81. The van der Waals surface area contributed by atoms with Crippen LogP contribution in [0.1, 0.15) is 12.0 Å². The zero-order valence-electron chi connectivity index (χ0n) is 11.1. The van der Waals surface area contributed by atoms with E-state index in [0.717, 1.165) is 0 Å². The predicted octanol–water partition coefficient (Wildman–Crippen LogP) is 1.51. The summed E-state index contributed by atoms with van der Waals surface area (Å²) < 4.78 is 5.20. The Morgan fingerprint density at radius 2 is 2.35 bits per heavy atom. The number of carboxylic acids is 1. The SMILES string of the molecule is COc1ccc([N+](=O)[O-])cc1CN1CCC(C(=O)O)C1. The van der Waals surface area contributed by atoms with Crippen molar-refractivity contribution in [1.29, 1.82) is 0 Å². The van der Waals surface area contributed by atoms with E-state index in [9.17, 15) is 14.9 Å². The van der Waals surface area contributed by atoms with Crippen LogP contribution in [0.5, 0.6) is 5.75 Å². The van der Waals surface area contributed by atoms with Gasteiger partial charge in [0.2, 0.25) is 0 Å². The summed E-state index contributed by atoms with van der Waals surface area (Å²) in [7, 11) is 1.51. The predicted molar refractivity (Wildman–Crippen MR) is 70.7 cm³/mol. The van der Waals surface area contributed by atoms with E-state index in [-0.39, 0.29) is 11.6 Å². The lowest BCUT2D eigenvalue weighted by molar-refractivity contribution is -0.385. The third-order valence-electron chi connectivity index (χ3n) is 3.49. The highest BCUT2D eigenvalue weighted by atomic mass is 16.6. The Balaban J connectivity index is 2.14. The summed E-state index contributed by atoms with van der Waals surface area (Å²) >= 11 is 0. The van der Waals surface area contributed by atoms with Gasteiger partial charge in [-0.3, -0.25) is 19.8 Å². The van der Waals surface area contributed by atoms with Gasteiger partial charge in [-0.05, 0) is 19.0 Å². The minimum atomic E-state index is -0.793. The maximum atomic E-state index is 10.9. The topological polar surface area (TPSA) is 92.9 Å². The van der Waals surface area contributed by atoms with E-state index in [1.165, 1.54) is 19.2 Å². The lowest BCUT2D eigenvalue weighted by atomic mass is 10.1. The van der Waals surface area contributed by atoms with Gasteiger partial charge in [0.05, 0.1) is 18.0 Å².